The van der Waals surface area contributed by atoms with Gasteiger partial charge >= 0.3 is 78.4 Å². The Balaban J connectivity index is -0.0000000450. The van der Waals surface area contributed by atoms with Crippen molar-refractivity contribution >= 4 is 37.7 Å². The monoisotopic (exact) mass is 259 g/mol. The summed E-state index contributed by atoms with van der Waals surface area (Å²) < 4.78 is 29.6. The predicted molar refractivity (Wildman–Crippen MR) is 14.4 cm³/mol. The minimum atomic E-state index is -5.16. The normalized spacial score (nSPS) is 4.50. The SMILES string of the molecule is F.[CaH2].[F][Ce]([F])[F]. The molecule has 6 heteroatoms. The molecule has 0 N–H and O–H groups in total. The molecule has 0 radical (unpaired) electrons. The van der Waals surface area contributed by atoms with Crippen molar-refractivity contribution in [2.24, 2.45) is 0 Å². The summed E-state index contributed by atoms with van der Waals surface area (Å²) >= 11 is -5.16. The van der Waals surface area contributed by atoms with Crippen LogP contribution < -0.4 is 0 Å². The van der Waals surface area contributed by atoms with E-state index in [0.717, 1.165) is 0 Å². The molecule has 0 amide bonds. The summed E-state index contributed by atoms with van der Waals surface area (Å²) in [4.78, 5) is 0. The van der Waals surface area contributed by atoms with Crippen molar-refractivity contribution < 1.29 is 45.4 Å². The third-order valence-electron chi connectivity index (χ3n) is 0. The van der Waals surface area contributed by atoms with Crippen molar-refractivity contribution in [3.63, 3.8) is 0 Å². The van der Waals surface area contributed by atoms with Gasteiger partial charge in [0.2, 0.25) is 0 Å². The predicted octanol–water partition coefficient (Wildman–Crippen LogP) is 0.497. The van der Waals surface area contributed by atoms with Crippen molar-refractivity contribution in [3.05, 3.63) is 0 Å². The van der Waals surface area contributed by atoms with Crippen molar-refractivity contribution in [2.45, 2.75) is 0 Å². The zero-order valence-electron chi connectivity index (χ0n) is 2.04. The van der Waals surface area contributed by atoms with E-state index >= 15 is 0 Å². The van der Waals surface area contributed by atoms with Crippen LogP contribution in [0.5, 0.6) is 0 Å². The van der Waals surface area contributed by atoms with Crippen LogP contribution >= 0.6 is 0 Å². The Kier molecular flexibility index (Phi) is 27.2. The van der Waals surface area contributed by atoms with Gasteiger partial charge in [-0.05, 0) is 0 Å². The number of halogens is 4. The molecule has 0 heterocycles. The maximum atomic E-state index is 9.88. The number of rotatable bonds is 0. The Morgan fingerprint density at radius 1 is 1.00 bits per heavy atom. The van der Waals surface area contributed by atoms with E-state index in [4.69, 9.17) is 0 Å². The quantitative estimate of drug-likeness (QED) is 0.439. The van der Waals surface area contributed by atoms with Crippen molar-refractivity contribution in [1.82, 2.24) is 0 Å². The van der Waals surface area contributed by atoms with Crippen LogP contribution in [0.2, 0.25) is 0 Å². The van der Waals surface area contributed by atoms with Crippen LogP contribution in [-0.2, 0) is 0 Å². The first-order valence-electron chi connectivity index (χ1n) is 0.567. The van der Waals surface area contributed by atoms with Gasteiger partial charge in [-0.1, -0.05) is 0 Å². The van der Waals surface area contributed by atoms with E-state index in [9.17, 15) is 2.73 Å². The fraction of sp³-hybridized carbons (Fsp3) is 0. The van der Waals surface area contributed by atoms with Gasteiger partial charge in [-0.3, -0.25) is 4.70 Å². The summed E-state index contributed by atoms with van der Waals surface area (Å²) in [5.74, 6) is 0. The molecule has 6 heavy (non-hydrogen) atoms. The Hall–Kier alpha value is 2.36. The van der Waals surface area contributed by atoms with E-state index in [0.29, 0.717) is 0 Å². The summed E-state index contributed by atoms with van der Waals surface area (Å²) in [5, 5.41) is 0. The van der Waals surface area contributed by atoms with Crippen molar-refractivity contribution in [1.29, 1.82) is 0 Å². The molecule has 0 bridgehead atoms. The molecule has 0 unspecified atom stereocenters. The van der Waals surface area contributed by atoms with Crippen LogP contribution in [0, 0.1) is 37.9 Å². The second-order valence-electron chi connectivity index (χ2n) is 0.214. The molecule has 0 nitrogen and oxygen atoms in total. The molecule has 0 rings (SSSR count). The number of hydrogen-bond donors (Lipinski definition) is 0. The molecule has 0 atom stereocenters. The molecule has 0 saturated carbocycles. The first-order valence-corrected chi connectivity index (χ1v) is 4.13. The van der Waals surface area contributed by atoms with E-state index < -0.39 is 37.9 Å². The second-order valence-corrected chi connectivity index (χ2v) is 1.56. The third kappa shape index (κ3) is 32.8. The molecule has 37 valence electrons. The minimum absolute atomic E-state index is 0. The first-order chi connectivity index (χ1) is 1.73. The van der Waals surface area contributed by atoms with Crippen LogP contribution in [-0.4, -0.2) is 37.7 Å². The van der Waals surface area contributed by atoms with E-state index in [1.54, 1.807) is 0 Å². The van der Waals surface area contributed by atoms with Gasteiger partial charge in [0.1, 0.15) is 0 Å². The second kappa shape index (κ2) is 10.4. The zero-order chi connectivity index (χ0) is 3.58. The van der Waals surface area contributed by atoms with Crippen LogP contribution in [0.25, 0.3) is 0 Å². The number of hydrogen-bond acceptors (Lipinski definition) is 0. The summed E-state index contributed by atoms with van der Waals surface area (Å²) in [6.07, 6.45) is 0. The molecule has 0 aromatic rings. The van der Waals surface area contributed by atoms with Gasteiger partial charge in [-0.25, -0.2) is 0 Å². The van der Waals surface area contributed by atoms with E-state index in [1.807, 2.05) is 0 Å². The van der Waals surface area contributed by atoms with Gasteiger partial charge in [0.05, 0.1) is 0 Å². The molecule has 0 aliphatic heterocycles. The van der Waals surface area contributed by atoms with E-state index in [2.05, 4.69) is 0 Å². The topological polar surface area (TPSA) is 0 Å². The van der Waals surface area contributed by atoms with Gasteiger partial charge in [0.25, 0.3) is 0 Å². The summed E-state index contributed by atoms with van der Waals surface area (Å²) in [6.45, 7) is 0. The summed E-state index contributed by atoms with van der Waals surface area (Å²) in [6, 6.07) is 0. The average Bonchev–Trinajstić information content (AvgIpc) is 0.811. The Labute approximate surface area is 81.1 Å². The van der Waals surface area contributed by atoms with Crippen LogP contribution in [0.4, 0.5) is 7.43 Å². The Morgan fingerprint density at radius 3 is 1.00 bits per heavy atom. The first kappa shape index (κ1) is 15.8. The Bertz CT molecular complexity index is 12.3. The molecule has 0 aromatic carbocycles. The molecular weight excluding hydrogens is 256 g/mol. The summed E-state index contributed by atoms with van der Waals surface area (Å²) in [7, 11) is 0. The molecule has 0 aliphatic rings. The van der Waals surface area contributed by atoms with Crippen molar-refractivity contribution in [2.75, 3.05) is 0 Å². The van der Waals surface area contributed by atoms with Gasteiger partial charge in [0.15, 0.2) is 0 Å². The zero-order valence-corrected chi connectivity index (χ0v) is 5.18. The average molecular weight is 259 g/mol. The van der Waals surface area contributed by atoms with Crippen molar-refractivity contribution in [3.8, 4) is 0 Å². The maximum absolute atomic E-state index is 9.88. The Morgan fingerprint density at radius 2 is 1.00 bits per heavy atom. The molecule has 0 saturated heterocycles. The third-order valence-corrected chi connectivity index (χ3v) is 0. The van der Waals surface area contributed by atoms with E-state index in [-0.39, 0.29) is 42.4 Å². The van der Waals surface area contributed by atoms with Gasteiger partial charge in [-0.15, -0.1) is 0 Å². The molecule has 0 spiro atoms. The standard InChI is InChI=1S/Ca.Ce.4FH.2H/h;;4*1H;;/q;+3;;;;;;/p-3. The molecular formula is H3CaCeF4. The van der Waals surface area contributed by atoms with E-state index in [1.165, 1.54) is 0 Å². The molecule has 0 fully saturated rings. The molecule has 0 aromatic heterocycles. The van der Waals surface area contributed by atoms with Crippen LogP contribution in [0.15, 0.2) is 0 Å². The molecule has 0 aliphatic carbocycles. The van der Waals surface area contributed by atoms with Gasteiger partial charge in [-0.2, -0.15) is 0 Å². The van der Waals surface area contributed by atoms with Crippen LogP contribution in [0.3, 0.4) is 0 Å². The van der Waals surface area contributed by atoms with Gasteiger partial charge in [0, 0.05) is 0 Å². The summed E-state index contributed by atoms with van der Waals surface area (Å²) in [5.41, 5.74) is 0. The van der Waals surface area contributed by atoms with Crippen LogP contribution in [0.1, 0.15) is 0 Å². The van der Waals surface area contributed by atoms with Gasteiger partial charge < -0.3 is 0 Å². The fourth-order valence-corrected chi connectivity index (χ4v) is 0. The fourth-order valence-electron chi connectivity index (χ4n) is 0.